The Morgan fingerprint density at radius 3 is 2.76 bits per heavy atom. The van der Waals surface area contributed by atoms with Crippen molar-refractivity contribution in [3.63, 3.8) is 0 Å². The average Bonchev–Trinajstić information content (AvgIpc) is 3.16. The van der Waals surface area contributed by atoms with Gasteiger partial charge in [-0.2, -0.15) is 0 Å². The van der Waals surface area contributed by atoms with E-state index in [9.17, 15) is 4.79 Å². The molecule has 152 valence electrons. The van der Waals surface area contributed by atoms with E-state index in [1.807, 2.05) is 29.2 Å². The van der Waals surface area contributed by atoms with Gasteiger partial charge in [-0.15, -0.1) is 0 Å². The number of benzene rings is 2. The Bertz CT molecular complexity index is 856. The van der Waals surface area contributed by atoms with Gasteiger partial charge in [0.1, 0.15) is 12.4 Å². The highest BCUT2D eigenvalue weighted by Crippen LogP contribution is 2.41. The van der Waals surface area contributed by atoms with E-state index in [1.54, 1.807) is 0 Å². The lowest BCUT2D eigenvalue weighted by Crippen LogP contribution is -2.42. The first-order chi connectivity index (χ1) is 14.3. The van der Waals surface area contributed by atoms with Crippen molar-refractivity contribution in [1.82, 2.24) is 4.90 Å². The van der Waals surface area contributed by atoms with E-state index in [0.29, 0.717) is 37.5 Å². The zero-order chi connectivity index (χ0) is 19.6. The molecule has 3 heterocycles. The lowest BCUT2D eigenvalue weighted by molar-refractivity contribution is -0.119. The summed E-state index contributed by atoms with van der Waals surface area (Å²) in [5.41, 5.74) is 2.29. The minimum absolute atomic E-state index is 0.188. The second-order valence-corrected chi connectivity index (χ2v) is 8.22. The summed E-state index contributed by atoms with van der Waals surface area (Å²) >= 11 is 0. The number of hydrogen-bond donors (Lipinski definition) is 0. The molecular formula is C24H28N2O3. The summed E-state index contributed by atoms with van der Waals surface area (Å²) in [6, 6.07) is 19.1. The van der Waals surface area contributed by atoms with E-state index in [2.05, 4.69) is 35.2 Å². The van der Waals surface area contributed by atoms with Crippen LogP contribution in [0.25, 0.3) is 0 Å². The van der Waals surface area contributed by atoms with Crippen LogP contribution in [0.2, 0.25) is 0 Å². The van der Waals surface area contributed by atoms with Gasteiger partial charge in [0.25, 0.3) is 0 Å². The van der Waals surface area contributed by atoms with Crippen LogP contribution in [-0.2, 0) is 9.53 Å². The maximum Gasteiger partial charge on any atom is 0.228 e. The summed E-state index contributed by atoms with van der Waals surface area (Å²) < 4.78 is 11.5. The third-order valence-corrected chi connectivity index (χ3v) is 6.65. The number of hydrogen-bond acceptors (Lipinski definition) is 4. The largest absolute Gasteiger partial charge is 0.490 e. The number of carbonyl (C=O) groups is 1. The standard InChI is InChI=1S/C24H28N2O3/c27-24(26-13-15-29-23-9-5-4-8-22(23)26)10-12-25-16-19(18-6-2-1-3-7-18)20-17-28-14-11-21(20)25/h1-9,19-21H,10-17H2. The number of amides is 1. The number of nitrogens with zero attached hydrogens (tertiary/aromatic N) is 2. The van der Waals surface area contributed by atoms with Crippen molar-refractivity contribution in [2.75, 3.05) is 44.4 Å². The first kappa shape index (κ1) is 18.6. The van der Waals surface area contributed by atoms with E-state index in [0.717, 1.165) is 44.2 Å². The second-order valence-electron chi connectivity index (χ2n) is 8.22. The number of likely N-dealkylation sites (tertiary alicyclic amines) is 1. The molecule has 3 aliphatic heterocycles. The number of para-hydroxylation sites is 2. The molecule has 2 saturated heterocycles. The van der Waals surface area contributed by atoms with Gasteiger partial charge in [0.2, 0.25) is 5.91 Å². The molecule has 3 aliphatic rings. The number of rotatable bonds is 4. The maximum absolute atomic E-state index is 13.0. The molecule has 0 spiro atoms. The molecule has 2 aromatic rings. The zero-order valence-electron chi connectivity index (χ0n) is 16.7. The van der Waals surface area contributed by atoms with Gasteiger partial charge < -0.3 is 14.4 Å². The lowest BCUT2D eigenvalue weighted by Gasteiger charge is -2.33. The van der Waals surface area contributed by atoms with Crippen LogP contribution in [0, 0.1) is 5.92 Å². The highest BCUT2D eigenvalue weighted by Gasteiger charge is 2.43. The molecule has 0 radical (unpaired) electrons. The fourth-order valence-electron chi connectivity index (χ4n) is 5.22. The van der Waals surface area contributed by atoms with Gasteiger partial charge in [0, 0.05) is 44.0 Å². The van der Waals surface area contributed by atoms with Gasteiger partial charge >= 0.3 is 0 Å². The molecular weight excluding hydrogens is 364 g/mol. The van der Waals surface area contributed by atoms with Gasteiger partial charge in [-0.25, -0.2) is 0 Å². The normalized spacial score (nSPS) is 26.5. The van der Waals surface area contributed by atoms with E-state index < -0.39 is 0 Å². The van der Waals surface area contributed by atoms with E-state index in [4.69, 9.17) is 9.47 Å². The Kier molecular flexibility index (Phi) is 5.25. The lowest BCUT2D eigenvalue weighted by atomic mass is 9.84. The summed E-state index contributed by atoms with van der Waals surface area (Å²) in [6.07, 6.45) is 1.60. The minimum atomic E-state index is 0.188. The molecule has 3 unspecified atom stereocenters. The Morgan fingerprint density at radius 2 is 1.86 bits per heavy atom. The third-order valence-electron chi connectivity index (χ3n) is 6.65. The predicted octanol–water partition coefficient (Wildman–Crippen LogP) is 3.31. The van der Waals surface area contributed by atoms with Crippen LogP contribution in [-0.4, -0.2) is 56.3 Å². The third kappa shape index (κ3) is 3.65. The van der Waals surface area contributed by atoms with Gasteiger partial charge in [0.15, 0.2) is 0 Å². The van der Waals surface area contributed by atoms with Crippen LogP contribution < -0.4 is 9.64 Å². The minimum Gasteiger partial charge on any atom is -0.490 e. The molecule has 0 aromatic heterocycles. The molecule has 3 atom stereocenters. The molecule has 5 nitrogen and oxygen atoms in total. The molecule has 29 heavy (non-hydrogen) atoms. The Morgan fingerprint density at radius 1 is 1.03 bits per heavy atom. The maximum atomic E-state index is 13.0. The summed E-state index contributed by atoms with van der Waals surface area (Å²) in [6.45, 7) is 4.65. The molecule has 5 rings (SSSR count). The Labute approximate surface area is 172 Å². The first-order valence-electron chi connectivity index (χ1n) is 10.7. The van der Waals surface area contributed by atoms with E-state index in [1.165, 1.54) is 5.56 Å². The Balaban J connectivity index is 1.28. The average molecular weight is 392 g/mol. The molecule has 5 heteroatoms. The van der Waals surface area contributed by atoms with Gasteiger partial charge in [-0.05, 0) is 24.1 Å². The van der Waals surface area contributed by atoms with Crippen LogP contribution in [0.15, 0.2) is 54.6 Å². The van der Waals surface area contributed by atoms with Crippen LogP contribution in [0.4, 0.5) is 5.69 Å². The highest BCUT2D eigenvalue weighted by atomic mass is 16.5. The monoisotopic (exact) mass is 392 g/mol. The van der Waals surface area contributed by atoms with Crippen molar-refractivity contribution < 1.29 is 14.3 Å². The zero-order valence-corrected chi connectivity index (χ0v) is 16.7. The van der Waals surface area contributed by atoms with Crippen LogP contribution in [0.1, 0.15) is 24.3 Å². The number of ether oxygens (including phenoxy) is 2. The predicted molar refractivity (Wildman–Crippen MR) is 112 cm³/mol. The van der Waals surface area contributed by atoms with Crippen molar-refractivity contribution in [3.05, 3.63) is 60.2 Å². The van der Waals surface area contributed by atoms with E-state index in [-0.39, 0.29) is 5.91 Å². The SMILES string of the molecule is O=C(CCN1CC(c2ccccc2)C2COCCC21)N1CCOc2ccccc21. The second kappa shape index (κ2) is 8.17. The molecule has 1 amide bonds. The van der Waals surface area contributed by atoms with Crippen molar-refractivity contribution >= 4 is 11.6 Å². The van der Waals surface area contributed by atoms with Crippen LogP contribution in [0.5, 0.6) is 5.75 Å². The van der Waals surface area contributed by atoms with Gasteiger partial charge in [0.05, 0.1) is 18.8 Å². The topological polar surface area (TPSA) is 42.0 Å². The van der Waals surface area contributed by atoms with Crippen molar-refractivity contribution in [2.24, 2.45) is 5.92 Å². The van der Waals surface area contributed by atoms with Crippen LogP contribution in [0.3, 0.4) is 0 Å². The first-order valence-corrected chi connectivity index (χ1v) is 10.7. The summed E-state index contributed by atoms with van der Waals surface area (Å²) in [7, 11) is 0. The fourth-order valence-corrected chi connectivity index (χ4v) is 5.22. The molecule has 0 bridgehead atoms. The summed E-state index contributed by atoms with van der Waals surface area (Å²) in [4.78, 5) is 17.5. The Hall–Kier alpha value is -2.37. The fraction of sp³-hybridized carbons (Fsp3) is 0.458. The molecule has 2 aromatic carbocycles. The number of anilines is 1. The van der Waals surface area contributed by atoms with Crippen molar-refractivity contribution in [3.8, 4) is 5.75 Å². The molecule has 0 aliphatic carbocycles. The number of fused-ring (bicyclic) bond motifs is 2. The summed E-state index contributed by atoms with van der Waals surface area (Å²) in [5, 5.41) is 0. The molecule has 2 fully saturated rings. The van der Waals surface area contributed by atoms with Gasteiger partial charge in [-0.1, -0.05) is 42.5 Å². The quantitative estimate of drug-likeness (QED) is 0.801. The van der Waals surface area contributed by atoms with Gasteiger partial charge in [-0.3, -0.25) is 9.69 Å². The highest BCUT2D eigenvalue weighted by molar-refractivity contribution is 5.95. The summed E-state index contributed by atoms with van der Waals surface area (Å²) in [5.74, 6) is 2.00. The van der Waals surface area contributed by atoms with Crippen molar-refractivity contribution in [2.45, 2.75) is 24.8 Å². The van der Waals surface area contributed by atoms with E-state index >= 15 is 0 Å². The molecule has 0 N–H and O–H groups in total. The van der Waals surface area contributed by atoms with Crippen molar-refractivity contribution in [1.29, 1.82) is 0 Å². The molecule has 0 saturated carbocycles. The smallest absolute Gasteiger partial charge is 0.228 e. The number of carbonyl (C=O) groups excluding carboxylic acids is 1. The van der Waals surface area contributed by atoms with Crippen LogP contribution >= 0.6 is 0 Å².